The van der Waals surface area contributed by atoms with Gasteiger partial charge in [-0.1, -0.05) is 30.3 Å². The van der Waals surface area contributed by atoms with Gasteiger partial charge in [0.25, 0.3) is 0 Å². The average molecular weight is 338 g/mol. The third kappa shape index (κ3) is 6.11. The lowest BCUT2D eigenvalue weighted by molar-refractivity contribution is -0.234. The number of rotatable bonds is 8. The van der Waals surface area contributed by atoms with Crippen LogP contribution in [0, 0.1) is 0 Å². The maximum Gasteiger partial charge on any atom is 0.508 e. The van der Waals surface area contributed by atoms with Crippen molar-refractivity contribution < 1.29 is 28.5 Å². The fourth-order valence-corrected chi connectivity index (χ4v) is 2.57. The van der Waals surface area contributed by atoms with Crippen LogP contribution >= 0.6 is 0 Å². The van der Waals surface area contributed by atoms with Crippen LogP contribution in [-0.2, 0) is 30.3 Å². The lowest BCUT2D eigenvalue weighted by Gasteiger charge is -2.35. The molecule has 0 saturated carbocycles. The maximum absolute atomic E-state index is 11.6. The van der Waals surface area contributed by atoms with E-state index in [0.29, 0.717) is 32.7 Å². The van der Waals surface area contributed by atoms with Crippen molar-refractivity contribution in [2.45, 2.75) is 51.8 Å². The summed E-state index contributed by atoms with van der Waals surface area (Å²) in [7, 11) is 0. The van der Waals surface area contributed by atoms with Crippen LogP contribution in [0.3, 0.4) is 0 Å². The molecule has 0 bridgehead atoms. The number of hydrogen-bond donors (Lipinski definition) is 0. The summed E-state index contributed by atoms with van der Waals surface area (Å²) in [6.07, 6.45) is -0.396. The third-order valence-electron chi connectivity index (χ3n) is 3.68. The molecule has 0 amide bonds. The molecule has 134 valence electrons. The second-order valence-electron chi connectivity index (χ2n) is 5.48. The summed E-state index contributed by atoms with van der Waals surface area (Å²) >= 11 is 0. The summed E-state index contributed by atoms with van der Waals surface area (Å²) in [6.45, 7) is 5.32. The summed E-state index contributed by atoms with van der Waals surface area (Å²) in [5.74, 6) is 0. The van der Waals surface area contributed by atoms with Crippen molar-refractivity contribution >= 4 is 6.16 Å². The van der Waals surface area contributed by atoms with Crippen molar-refractivity contribution in [1.29, 1.82) is 0 Å². The van der Waals surface area contributed by atoms with Crippen LogP contribution in [0.4, 0.5) is 4.79 Å². The van der Waals surface area contributed by atoms with E-state index in [0.717, 1.165) is 5.56 Å². The Labute approximate surface area is 143 Å². The molecule has 6 heteroatoms. The SMILES string of the molecule is CCOC(=O)O[C@@H]1CC[C@@H](OCC)O[C@@H]1COCc1ccccc1. The standard InChI is InChI=1S/C18H26O6/c1-3-21-17-11-10-15(24-18(19)22-4-2)16(23-17)13-20-12-14-8-6-5-7-9-14/h5-9,15-17H,3-4,10-13H2,1-2H3/t15-,16-,17+/m1/s1. The Morgan fingerprint density at radius 2 is 1.96 bits per heavy atom. The van der Waals surface area contributed by atoms with E-state index in [-0.39, 0.29) is 19.0 Å². The molecule has 0 N–H and O–H groups in total. The van der Waals surface area contributed by atoms with Gasteiger partial charge in [-0.3, -0.25) is 0 Å². The van der Waals surface area contributed by atoms with Gasteiger partial charge in [0.15, 0.2) is 6.29 Å². The van der Waals surface area contributed by atoms with E-state index in [1.165, 1.54) is 0 Å². The van der Waals surface area contributed by atoms with Gasteiger partial charge < -0.3 is 23.7 Å². The topological polar surface area (TPSA) is 63.2 Å². The lowest BCUT2D eigenvalue weighted by Crippen LogP contribution is -2.45. The van der Waals surface area contributed by atoms with E-state index < -0.39 is 12.3 Å². The lowest BCUT2D eigenvalue weighted by atomic mass is 10.1. The summed E-state index contributed by atoms with van der Waals surface area (Å²) in [6, 6.07) is 9.89. The Bertz CT molecular complexity index is 478. The molecule has 1 aliphatic heterocycles. The first-order valence-corrected chi connectivity index (χ1v) is 8.45. The monoisotopic (exact) mass is 338 g/mol. The minimum Gasteiger partial charge on any atom is -0.435 e. The highest BCUT2D eigenvalue weighted by Gasteiger charge is 2.34. The predicted octanol–water partition coefficient (Wildman–Crippen LogP) is 3.29. The largest absolute Gasteiger partial charge is 0.508 e. The van der Waals surface area contributed by atoms with Gasteiger partial charge in [-0.15, -0.1) is 0 Å². The molecule has 1 aliphatic rings. The molecule has 0 aromatic heterocycles. The van der Waals surface area contributed by atoms with Crippen LogP contribution in [0.25, 0.3) is 0 Å². The minimum absolute atomic E-state index is 0.281. The summed E-state index contributed by atoms with van der Waals surface area (Å²) < 4.78 is 27.4. The van der Waals surface area contributed by atoms with Gasteiger partial charge in [0.1, 0.15) is 12.2 Å². The van der Waals surface area contributed by atoms with E-state index in [4.69, 9.17) is 23.7 Å². The Balaban J connectivity index is 1.87. The molecule has 1 saturated heterocycles. The van der Waals surface area contributed by atoms with Crippen molar-refractivity contribution in [2.75, 3.05) is 19.8 Å². The number of benzene rings is 1. The van der Waals surface area contributed by atoms with Crippen molar-refractivity contribution in [1.82, 2.24) is 0 Å². The Morgan fingerprint density at radius 1 is 1.17 bits per heavy atom. The van der Waals surface area contributed by atoms with Gasteiger partial charge in [-0.25, -0.2) is 4.79 Å². The average Bonchev–Trinajstić information content (AvgIpc) is 2.58. The molecular formula is C18H26O6. The third-order valence-corrected chi connectivity index (χ3v) is 3.68. The van der Waals surface area contributed by atoms with Crippen molar-refractivity contribution in [3.63, 3.8) is 0 Å². The quantitative estimate of drug-likeness (QED) is 0.678. The Kier molecular flexibility index (Phi) is 8.01. The zero-order valence-corrected chi connectivity index (χ0v) is 14.3. The van der Waals surface area contributed by atoms with Gasteiger partial charge in [0.2, 0.25) is 0 Å². The molecule has 0 radical (unpaired) electrons. The zero-order valence-electron chi connectivity index (χ0n) is 14.3. The van der Waals surface area contributed by atoms with E-state index in [1.54, 1.807) is 6.92 Å². The van der Waals surface area contributed by atoms with Crippen LogP contribution in [-0.4, -0.2) is 44.5 Å². The molecule has 1 aromatic carbocycles. The van der Waals surface area contributed by atoms with Gasteiger partial charge in [-0.05, 0) is 25.8 Å². The molecule has 6 nitrogen and oxygen atoms in total. The molecule has 1 aromatic rings. The summed E-state index contributed by atoms with van der Waals surface area (Å²) in [4.78, 5) is 11.6. The van der Waals surface area contributed by atoms with Crippen LogP contribution in [0.1, 0.15) is 32.3 Å². The van der Waals surface area contributed by atoms with E-state index in [9.17, 15) is 4.79 Å². The van der Waals surface area contributed by atoms with Gasteiger partial charge in [0.05, 0.1) is 19.8 Å². The molecule has 1 fully saturated rings. The van der Waals surface area contributed by atoms with E-state index >= 15 is 0 Å². The number of ether oxygens (including phenoxy) is 5. The molecule has 0 aliphatic carbocycles. The Hall–Kier alpha value is -1.63. The van der Waals surface area contributed by atoms with Crippen molar-refractivity contribution in [3.05, 3.63) is 35.9 Å². The maximum atomic E-state index is 11.6. The molecular weight excluding hydrogens is 312 g/mol. The fraction of sp³-hybridized carbons (Fsp3) is 0.611. The van der Waals surface area contributed by atoms with Crippen LogP contribution in [0.2, 0.25) is 0 Å². The van der Waals surface area contributed by atoms with Crippen LogP contribution in [0.5, 0.6) is 0 Å². The highest BCUT2D eigenvalue weighted by atomic mass is 16.7. The second-order valence-corrected chi connectivity index (χ2v) is 5.48. The number of carbonyl (C=O) groups is 1. The summed E-state index contributed by atoms with van der Waals surface area (Å²) in [5, 5.41) is 0. The van der Waals surface area contributed by atoms with Gasteiger partial charge in [0, 0.05) is 13.0 Å². The molecule has 0 spiro atoms. The fourth-order valence-electron chi connectivity index (χ4n) is 2.57. The highest BCUT2D eigenvalue weighted by Crippen LogP contribution is 2.24. The number of hydrogen-bond acceptors (Lipinski definition) is 6. The first-order valence-electron chi connectivity index (χ1n) is 8.45. The Morgan fingerprint density at radius 3 is 2.67 bits per heavy atom. The predicted molar refractivity (Wildman–Crippen MR) is 87.5 cm³/mol. The highest BCUT2D eigenvalue weighted by molar-refractivity contribution is 5.60. The smallest absolute Gasteiger partial charge is 0.435 e. The van der Waals surface area contributed by atoms with Crippen LogP contribution in [0.15, 0.2) is 30.3 Å². The zero-order chi connectivity index (χ0) is 17.2. The molecule has 2 rings (SSSR count). The summed E-state index contributed by atoms with van der Waals surface area (Å²) in [5.41, 5.74) is 1.08. The van der Waals surface area contributed by atoms with E-state index in [1.807, 2.05) is 37.3 Å². The molecule has 0 unspecified atom stereocenters. The molecule has 3 atom stereocenters. The first kappa shape index (κ1) is 18.7. The molecule has 24 heavy (non-hydrogen) atoms. The number of carbonyl (C=O) groups excluding carboxylic acids is 1. The second kappa shape index (κ2) is 10.3. The van der Waals surface area contributed by atoms with Crippen molar-refractivity contribution in [2.24, 2.45) is 0 Å². The normalized spacial score (nSPS) is 23.7. The van der Waals surface area contributed by atoms with Crippen molar-refractivity contribution in [3.8, 4) is 0 Å². The minimum atomic E-state index is -0.672. The molecule has 1 heterocycles. The first-order chi connectivity index (χ1) is 11.7. The van der Waals surface area contributed by atoms with Crippen LogP contribution < -0.4 is 0 Å². The van der Waals surface area contributed by atoms with Gasteiger partial charge in [-0.2, -0.15) is 0 Å². The van der Waals surface area contributed by atoms with E-state index in [2.05, 4.69) is 0 Å². The van der Waals surface area contributed by atoms with Gasteiger partial charge >= 0.3 is 6.16 Å².